The number of fused-ring (bicyclic) bond motifs is 5. The van der Waals surface area contributed by atoms with Gasteiger partial charge in [-0.3, -0.25) is 4.79 Å². The van der Waals surface area contributed by atoms with Crippen LogP contribution < -0.4 is 10.5 Å². The van der Waals surface area contributed by atoms with Crippen molar-refractivity contribution in [1.82, 2.24) is 20.1 Å². The van der Waals surface area contributed by atoms with E-state index in [0.29, 0.717) is 62.4 Å². The standard InChI is InChI=1S/C23H23N5O4/c1-2-32-21-4-3-18(26-27-21)20-11-30-8-13-5-12-6-19-15(7-14(12)23(29)28(13)20)16-9-31-10-17(16)22(24)25-19/h3-4,6-7,13,20H,2,5,8-11H2,1H3,(H2,24,25)/t13-,20-/m1/s1. The molecule has 5 heterocycles. The first-order valence-electron chi connectivity index (χ1n) is 10.8. The van der Waals surface area contributed by atoms with Crippen LogP contribution in [0.1, 0.15) is 45.7 Å². The maximum absolute atomic E-state index is 13.7. The molecule has 0 spiro atoms. The molecule has 0 bridgehead atoms. The number of nitrogen functional groups attached to an aromatic ring is 1. The molecule has 0 unspecified atom stereocenters. The highest BCUT2D eigenvalue weighted by Crippen LogP contribution is 2.38. The fourth-order valence-corrected chi connectivity index (χ4v) is 4.98. The third-order valence-electron chi connectivity index (χ3n) is 6.48. The van der Waals surface area contributed by atoms with Crippen LogP contribution in [-0.4, -0.2) is 51.9 Å². The Labute approximate surface area is 184 Å². The van der Waals surface area contributed by atoms with Gasteiger partial charge >= 0.3 is 0 Å². The highest BCUT2D eigenvalue weighted by molar-refractivity contribution is 6.02. The molecule has 1 saturated heterocycles. The van der Waals surface area contributed by atoms with Crippen molar-refractivity contribution in [3.05, 3.63) is 52.2 Å². The number of carbonyl (C=O) groups is 1. The average molecular weight is 433 g/mol. The molecule has 1 fully saturated rings. The molecule has 2 aromatic heterocycles. The van der Waals surface area contributed by atoms with Gasteiger partial charge in [0, 0.05) is 22.6 Å². The lowest BCUT2D eigenvalue weighted by Crippen LogP contribution is -2.54. The number of pyridine rings is 1. The number of hydrogen-bond donors (Lipinski definition) is 1. The summed E-state index contributed by atoms with van der Waals surface area (Å²) >= 11 is 0. The number of aromatic nitrogens is 3. The van der Waals surface area contributed by atoms with Crippen LogP contribution in [0.5, 0.6) is 5.88 Å². The highest BCUT2D eigenvalue weighted by atomic mass is 16.5. The van der Waals surface area contributed by atoms with Crippen molar-refractivity contribution < 1.29 is 19.0 Å². The number of ether oxygens (including phenoxy) is 3. The van der Waals surface area contributed by atoms with E-state index in [1.165, 1.54) is 0 Å². The van der Waals surface area contributed by atoms with Gasteiger partial charge in [-0.15, -0.1) is 10.2 Å². The van der Waals surface area contributed by atoms with Crippen LogP contribution in [0.15, 0.2) is 24.3 Å². The van der Waals surface area contributed by atoms with E-state index in [0.717, 1.165) is 27.6 Å². The minimum atomic E-state index is -0.299. The summed E-state index contributed by atoms with van der Waals surface area (Å²) in [4.78, 5) is 20.2. The van der Waals surface area contributed by atoms with Gasteiger partial charge < -0.3 is 24.8 Å². The molecule has 2 atom stereocenters. The predicted molar refractivity (Wildman–Crippen MR) is 115 cm³/mol. The predicted octanol–water partition coefficient (Wildman–Crippen LogP) is 2.17. The Morgan fingerprint density at radius 1 is 1.16 bits per heavy atom. The number of anilines is 1. The quantitative estimate of drug-likeness (QED) is 0.669. The van der Waals surface area contributed by atoms with Crippen LogP contribution in [0.4, 0.5) is 5.82 Å². The van der Waals surface area contributed by atoms with Gasteiger partial charge in [0.2, 0.25) is 5.88 Å². The first-order chi connectivity index (χ1) is 15.6. The van der Waals surface area contributed by atoms with Crippen LogP contribution in [0, 0.1) is 0 Å². The minimum Gasteiger partial charge on any atom is -0.477 e. The van der Waals surface area contributed by atoms with Crippen molar-refractivity contribution in [1.29, 1.82) is 0 Å². The number of amides is 1. The smallest absolute Gasteiger partial charge is 0.255 e. The van der Waals surface area contributed by atoms with E-state index in [1.54, 1.807) is 6.07 Å². The highest BCUT2D eigenvalue weighted by Gasteiger charge is 2.41. The summed E-state index contributed by atoms with van der Waals surface area (Å²) in [6, 6.07) is 7.22. The summed E-state index contributed by atoms with van der Waals surface area (Å²) in [7, 11) is 0. The lowest BCUT2D eigenvalue weighted by Gasteiger charge is -2.44. The Bertz CT molecular complexity index is 1230. The molecular formula is C23H23N5O4. The number of nitrogens with two attached hydrogens (primary N) is 1. The van der Waals surface area contributed by atoms with Crippen molar-refractivity contribution in [2.75, 3.05) is 25.6 Å². The minimum absolute atomic E-state index is 0.0216. The van der Waals surface area contributed by atoms with Gasteiger partial charge in [-0.1, -0.05) is 0 Å². The molecule has 6 rings (SSSR count). The van der Waals surface area contributed by atoms with E-state index in [1.807, 2.05) is 30.0 Å². The molecule has 2 N–H and O–H groups in total. The summed E-state index contributed by atoms with van der Waals surface area (Å²) in [6.45, 7) is 4.23. The van der Waals surface area contributed by atoms with Gasteiger partial charge in [0.05, 0.1) is 56.3 Å². The lowest BCUT2D eigenvalue weighted by atomic mass is 9.88. The van der Waals surface area contributed by atoms with Crippen molar-refractivity contribution >= 4 is 22.6 Å². The molecule has 3 aliphatic heterocycles. The zero-order valence-corrected chi connectivity index (χ0v) is 17.7. The molecule has 164 valence electrons. The molecule has 1 aromatic carbocycles. The second-order valence-electron chi connectivity index (χ2n) is 8.33. The monoisotopic (exact) mass is 433 g/mol. The molecule has 9 heteroatoms. The summed E-state index contributed by atoms with van der Waals surface area (Å²) < 4.78 is 16.9. The second kappa shape index (κ2) is 7.39. The summed E-state index contributed by atoms with van der Waals surface area (Å²) in [5, 5.41) is 9.39. The summed E-state index contributed by atoms with van der Waals surface area (Å²) in [5.41, 5.74) is 11.3. The molecule has 0 radical (unpaired) electrons. The number of carbonyl (C=O) groups excluding carboxylic acids is 1. The molecule has 0 aliphatic carbocycles. The molecular weight excluding hydrogens is 410 g/mol. The maximum atomic E-state index is 13.7. The lowest BCUT2D eigenvalue weighted by molar-refractivity contribution is -0.0412. The van der Waals surface area contributed by atoms with E-state index in [2.05, 4.69) is 15.2 Å². The molecule has 9 nitrogen and oxygen atoms in total. The largest absolute Gasteiger partial charge is 0.477 e. The van der Waals surface area contributed by atoms with Crippen LogP contribution in [0.2, 0.25) is 0 Å². The molecule has 32 heavy (non-hydrogen) atoms. The van der Waals surface area contributed by atoms with Crippen molar-refractivity contribution in [2.45, 2.75) is 38.6 Å². The van der Waals surface area contributed by atoms with Crippen LogP contribution >= 0.6 is 0 Å². The van der Waals surface area contributed by atoms with Crippen molar-refractivity contribution in [3.8, 4) is 5.88 Å². The number of nitrogens with zero attached hydrogens (tertiary/aromatic N) is 4. The van der Waals surface area contributed by atoms with Gasteiger partial charge in [0.25, 0.3) is 5.91 Å². The van der Waals surface area contributed by atoms with Gasteiger partial charge in [-0.05, 0) is 42.7 Å². The third-order valence-corrected chi connectivity index (χ3v) is 6.48. The number of hydrogen-bond acceptors (Lipinski definition) is 8. The molecule has 1 amide bonds. The first-order valence-corrected chi connectivity index (χ1v) is 10.8. The zero-order chi connectivity index (χ0) is 21.8. The van der Waals surface area contributed by atoms with E-state index >= 15 is 0 Å². The van der Waals surface area contributed by atoms with Gasteiger partial charge in [-0.2, -0.15) is 0 Å². The molecule has 0 saturated carbocycles. The van der Waals surface area contributed by atoms with E-state index in [4.69, 9.17) is 19.9 Å². The fraction of sp³-hybridized carbons (Fsp3) is 0.391. The second-order valence-corrected chi connectivity index (χ2v) is 8.33. The number of morpholine rings is 1. The van der Waals surface area contributed by atoms with Crippen LogP contribution in [-0.2, 0) is 29.1 Å². The summed E-state index contributed by atoms with van der Waals surface area (Å²) in [6.07, 6.45) is 0.688. The van der Waals surface area contributed by atoms with Crippen molar-refractivity contribution in [2.24, 2.45) is 0 Å². The normalized spacial score (nSPS) is 21.9. The maximum Gasteiger partial charge on any atom is 0.255 e. The molecule has 3 aromatic rings. The summed E-state index contributed by atoms with van der Waals surface area (Å²) in [5.74, 6) is 0.949. The SMILES string of the molecule is CCOc1ccc([C@H]2COC[C@H]3Cc4cc5nc(N)c6c(c5cc4C(=O)N32)COC6)nn1. The van der Waals surface area contributed by atoms with Crippen LogP contribution in [0.3, 0.4) is 0 Å². The van der Waals surface area contributed by atoms with Gasteiger partial charge in [0.1, 0.15) is 5.82 Å². The first kappa shape index (κ1) is 19.4. The Kier molecular flexibility index (Phi) is 4.48. The van der Waals surface area contributed by atoms with E-state index < -0.39 is 0 Å². The number of rotatable bonds is 3. The van der Waals surface area contributed by atoms with E-state index in [-0.39, 0.29) is 18.0 Å². The third kappa shape index (κ3) is 2.92. The van der Waals surface area contributed by atoms with E-state index in [9.17, 15) is 4.79 Å². The Hall–Kier alpha value is -3.30. The Balaban J connectivity index is 1.41. The average Bonchev–Trinajstić information content (AvgIpc) is 3.30. The Morgan fingerprint density at radius 3 is 2.84 bits per heavy atom. The van der Waals surface area contributed by atoms with Gasteiger partial charge in [0.15, 0.2) is 0 Å². The zero-order valence-electron chi connectivity index (χ0n) is 17.7. The van der Waals surface area contributed by atoms with Crippen LogP contribution in [0.25, 0.3) is 10.9 Å². The number of benzene rings is 1. The van der Waals surface area contributed by atoms with Crippen molar-refractivity contribution in [3.63, 3.8) is 0 Å². The topological polar surface area (TPSA) is 113 Å². The van der Waals surface area contributed by atoms with Gasteiger partial charge in [-0.25, -0.2) is 4.98 Å². The Morgan fingerprint density at radius 2 is 2.03 bits per heavy atom. The molecule has 3 aliphatic rings. The fourth-order valence-electron chi connectivity index (χ4n) is 4.98.